The van der Waals surface area contributed by atoms with Gasteiger partial charge in [-0.15, -0.1) is 0 Å². The molecule has 1 saturated carbocycles. The number of carbonyl (C=O) groups excluding carboxylic acids is 1. The van der Waals surface area contributed by atoms with Crippen LogP contribution in [0.25, 0.3) is 0 Å². The summed E-state index contributed by atoms with van der Waals surface area (Å²) in [6.07, 6.45) is 4.80. The molecule has 1 aliphatic heterocycles. The second-order valence-electron chi connectivity index (χ2n) is 5.15. The van der Waals surface area contributed by atoms with Gasteiger partial charge in [-0.05, 0) is 18.9 Å². The topological polar surface area (TPSA) is 57.0 Å². The van der Waals surface area contributed by atoms with E-state index in [1.165, 1.54) is 12.8 Å². The van der Waals surface area contributed by atoms with Crippen LogP contribution in [-0.2, 0) is 10.2 Å². The molecule has 92 valence electrons. The zero-order valence-corrected chi connectivity index (χ0v) is 10.2. The first-order valence-corrected chi connectivity index (χ1v) is 6.39. The Kier molecular flexibility index (Phi) is 2.55. The number of aromatic nitrogens is 1. The Hall–Kier alpha value is -1.89. The van der Waals surface area contributed by atoms with E-state index < -0.39 is 5.41 Å². The van der Waals surface area contributed by atoms with Crippen molar-refractivity contribution in [3.8, 4) is 6.07 Å². The standard InChI is InChI=1S/C14H15N3O/c15-10-14(8-11(18)9-14)12-4-3-5-16-13(12)17-6-1-2-7-17/h3-5H,1-2,6-9H2. The van der Waals surface area contributed by atoms with Gasteiger partial charge in [0, 0.05) is 37.7 Å². The van der Waals surface area contributed by atoms with Crippen LogP contribution in [0.3, 0.4) is 0 Å². The number of nitrogens with zero attached hydrogens (tertiary/aromatic N) is 3. The van der Waals surface area contributed by atoms with Gasteiger partial charge in [0.25, 0.3) is 0 Å². The zero-order valence-electron chi connectivity index (χ0n) is 10.2. The third-order valence-corrected chi connectivity index (χ3v) is 3.92. The molecule has 2 aliphatic rings. The van der Waals surface area contributed by atoms with Gasteiger partial charge in [0.05, 0.1) is 11.5 Å². The first-order valence-electron chi connectivity index (χ1n) is 6.39. The molecule has 0 bridgehead atoms. The summed E-state index contributed by atoms with van der Waals surface area (Å²) >= 11 is 0. The van der Waals surface area contributed by atoms with E-state index in [0.29, 0.717) is 12.8 Å². The molecule has 0 spiro atoms. The number of Topliss-reactive ketones (excluding diaryl/α,β-unsaturated/α-hetero) is 1. The fraction of sp³-hybridized carbons (Fsp3) is 0.500. The van der Waals surface area contributed by atoms with Crippen LogP contribution >= 0.6 is 0 Å². The van der Waals surface area contributed by atoms with E-state index in [0.717, 1.165) is 24.5 Å². The van der Waals surface area contributed by atoms with Gasteiger partial charge in [0.1, 0.15) is 11.6 Å². The predicted molar refractivity (Wildman–Crippen MR) is 67.2 cm³/mol. The number of pyridine rings is 1. The molecule has 1 aliphatic carbocycles. The van der Waals surface area contributed by atoms with Crippen molar-refractivity contribution in [3.63, 3.8) is 0 Å². The lowest BCUT2D eigenvalue weighted by Gasteiger charge is -2.36. The van der Waals surface area contributed by atoms with Crippen molar-refractivity contribution < 1.29 is 4.79 Å². The van der Waals surface area contributed by atoms with Gasteiger partial charge < -0.3 is 4.90 Å². The van der Waals surface area contributed by atoms with Gasteiger partial charge in [0.2, 0.25) is 0 Å². The van der Waals surface area contributed by atoms with Crippen LogP contribution in [-0.4, -0.2) is 23.9 Å². The molecule has 2 fully saturated rings. The molecule has 4 heteroatoms. The molecular weight excluding hydrogens is 226 g/mol. The molecule has 0 unspecified atom stereocenters. The summed E-state index contributed by atoms with van der Waals surface area (Å²) in [5.74, 6) is 1.08. The SMILES string of the molecule is N#CC1(c2cccnc2N2CCCC2)CC(=O)C1. The van der Waals surface area contributed by atoms with E-state index in [1.54, 1.807) is 6.20 Å². The fourth-order valence-corrected chi connectivity index (χ4v) is 2.90. The maximum Gasteiger partial charge on any atom is 0.136 e. The highest BCUT2D eigenvalue weighted by atomic mass is 16.1. The quantitative estimate of drug-likeness (QED) is 0.792. The molecule has 18 heavy (non-hydrogen) atoms. The Bertz CT molecular complexity index is 518. The van der Waals surface area contributed by atoms with Crippen molar-refractivity contribution >= 4 is 11.6 Å². The van der Waals surface area contributed by atoms with Crippen molar-refractivity contribution in [3.05, 3.63) is 23.9 Å². The minimum Gasteiger partial charge on any atom is -0.356 e. The molecule has 1 saturated heterocycles. The number of nitriles is 1. The predicted octanol–water partition coefficient (Wildman–Crippen LogP) is 1.81. The summed E-state index contributed by atoms with van der Waals surface area (Å²) in [6.45, 7) is 2.00. The molecule has 1 aromatic rings. The summed E-state index contributed by atoms with van der Waals surface area (Å²) in [5, 5.41) is 9.43. The minimum atomic E-state index is -0.622. The van der Waals surface area contributed by atoms with Crippen molar-refractivity contribution in [2.75, 3.05) is 18.0 Å². The van der Waals surface area contributed by atoms with Gasteiger partial charge in [-0.2, -0.15) is 5.26 Å². The maximum absolute atomic E-state index is 11.3. The van der Waals surface area contributed by atoms with Crippen LogP contribution < -0.4 is 4.90 Å². The number of carbonyl (C=O) groups is 1. The minimum absolute atomic E-state index is 0.174. The van der Waals surface area contributed by atoms with E-state index in [4.69, 9.17) is 0 Å². The average molecular weight is 241 g/mol. The monoisotopic (exact) mass is 241 g/mol. The van der Waals surface area contributed by atoms with E-state index in [-0.39, 0.29) is 5.78 Å². The van der Waals surface area contributed by atoms with Gasteiger partial charge in [-0.1, -0.05) is 6.07 Å². The van der Waals surface area contributed by atoms with Gasteiger partial charge in [-0.25, -0.2) is 4.98 Å². The number of ketones is 1. The van der Waals surface area contributed by atoms with E-state index >= 15 is 0 Å². The lowest BCUT2D eigenvalue weighted by atomic mass is 9.64. The van der Waals surface area contributed by atoms with Gasteiger partial charge >= 0.3 is 0 Å². The van der Waals surface area contributed by atoms with Gasteiger partial charge in [-0.3, -0.25) is 4.79 Å². The summed E-state index contributed by atoms with van der Waals surface area (Å²) in [6, 6.07) is 6.15. The van der Waals surface area contributed by atoms with Crippen LogP contribution in [0.2, 0.25) is 0 Å². The van der Waals surface area contributed by atoms with Crippen molar-refractivity contribution in [2.45, 2.75) is 31.1 Å². The highest BCUT2D eigenvalue weighted by Crippen LogP contribution is 2.44. The Morgan fingerprint density at radius 3 is 2.67 bits per heavy atom. The van der Waals surface area contributed by atoms with Crippen LogP contribution in [0.5, 0.6) is 0 Å². The number of anilines is 1. The summed E-state index contributed by atoms with van der Waals surface area (Å²) < 4.78 is 0. The number of hydrogen-bond acceptors (Lipinski definition) is 4. The molecule has 1 aromatic heterocycles. The van der Waals surface area contributed by atoms with Crippen molar-refractivity contribution in [1.29, 1.82) is 5.26 Å². The summed E-state index contributed by atoms with van der Waals surface area (Å²) in [4.78, 5) is 18.0. The fourth-order valence-electron chi connectivity index (χ4n) is 2.90. The summed E-state index contributed by atoms with van der Waals surface area (Å²) in [5.41, 5.74) is 0.317. The third-order valence-electron chi connectivity index (χ3n) is 3.92. The zero-order chi connectivity index (χ0) is 12.6. The van der Waals surface area contributed by atoms with Gasteiger partial charge in [0.15, 0.2) is 0 Å². The van der Waals surface area contributed by atoms with Crippen molar-refractivity contribution in [1.82, 2.24) is 4.98 Å². The first-order chi connectivity index (χ1) is 8.75. The number of rotatable bonds is 2. The second-order valence-corrected chi connectivity index (χ2v) is 5.15. The van der Waals surface area contributed by atoms with E-state index in [9.17, 15) is 10.1 Å². The third kappa shape index (κ3) is 1.59. The molecule has 0 atom stereocenters. The molecule has 0 N–H and O–H groups in total. The smallest absolute Gasteiger partial charge is 0.136 e. The Morgan fingerprint density at radius 2 is 2.06 bits per heavy atom. The molecule has 0 radical (unpaired) electrons. The molecule has 0 aromatic carbocycles. The highest BCUT2D eigenvalue weighted by molar-refractivity contribution is 5.90. The molecule has 4 nitrogen and oxygen atoms in total. The van der Waals surface area contributed by atoms with Crippen LogP contribution in [0.1, 0.15) is 31.2 Å². The lowest BCUT2D eigenvalue weighted by Crippen LogP contribution is -2.41. The average Bonchev–Trinajstić information content (AvgIpc) is 2.88. The Morgan fingerprint density at radius 1 is 1.33 bits per heavy atom. The largest absolute Gasteiger partial charge is 0.356 e. The molecule has 3 rings (SSSR count). The second kappa shape index (κ2) is 4.09. The molecule has 2 heterocycles. The van der Waals surface area contributed by atoms with Crippen molar-refractivity contribution in [2.24, 2.45) is 0 Å². The first kappa shape index (κ1) is 11.2. The summed E-state index contributed by atoms with van der Waals surface area (Å²) in [7, 11) is 0. The van der Waals surface area contributed by atoms with Crippen LogP contribution in [0.4, 0.5) is 5.82 Å². The highest BCUT2D eigenvalue weighted by Gasteiger charge is 2.47. The Balaban J connectivity index is 2.01. The van der Waals surface area contributed by atoms with Crippen LogP contribution in [0, 0.1) is 11.3 Å². The van der Waals surface area contributed by atoms with E-state index in [2.05, 4.69) is 16.0 Å². The van der Waals surface area contributed by atoms with Crippen LogP contribution in [0.15, 0.2) is 18.3 Å². The Labute approximate surface area is 106 Å². The lowest BCUT2D eigenvalue weighted by molar-refractivity contribution is -0.126. The number of hydrogen-bond donors (Lipinski definition) is 0. The molecular formula is C14H15N3O. The normalized spacial score (nSPS) is 21.5. The van der Waals surface area contributed by atoms with E-state index in [1.807, 2.05) is 12.1 Å². The molecule has 0 amide bonds. The maximum atomic E-state index is 11.3.